The lowest BCUT2D eigenvalue weighted by Crippen LogP contribution is -2.42. The maximum atomic E-state index is 13.2. The van der Waals surface area contributed by atoms with Crippen molar-refractivity contribution in [2.75, 3.05) is 13.1 Å². The van der Waals surface area contributed by atoms with Crippen molar-refractivity contribution in [1.29, 1.82) is 0 Å². The molecule has 0 radical (unpaired) electrons. The van der Waals surface area contributed by atoms with Crippen LogP contribution in [0.4, 0.5) is 4.39 Å². The van der Waals surface area contributed by atoms with Crippen molar-refractivity contribution >= 4 is 41.7 Å². The Labute approximate surface area is 208 Å². The fourth-order valence-electron chi connectivity index (χ4n) is 4.73. The van der Waals surface area contributed by atoms with Crippen molar-refractivity contribution in [3.63, 3.8) is 0 Å². The number of hydrogen-bond acceptors (Lipinski definition) is 4. The molecule has 1 saturated heterocycles. The van der Waals surface area contributed by atoms with Crippen molar-refractivity contribution in [1.82, 2.24) is 19.7 Å². The monoisotopic (exact) mass is 541 g/mol. The van der Waals surface area contributed by atoms with Crippen LogP contribution in [0.1, 0.15) is 26.2 Å². The summed E-state index contributed by atoms with van der Waals surface area (Å²) in [5.41, 5.74) is 11.6. The van der Waals surface area contributed by atoms with Crippen LogP contribution in [0.2, 0.25) is 0 Å². The number of aromatic nitrogens is 3. The van der Waals surface area contributed by atoms with Gasteiger partial charge in [-0.2, -0.15) is 5.10 Å². The molecule has 0 saturated carbocycles. The predicted octanol–water partition coefficient (Wildman–Crippen LogP) is 4.57. The number of rotatable bonds is 4. The second kappa shape index (κ2) is 9.59. The van der Waals surface area contributed by atoms with Gasteiger partial charge in [-0.15, -0.1) is 0 Å². The molecule has 0 bridgehead atoms. The molecule has 2 aromatic heterocycles. The quantitative estimate of drug-likeness (QED) is 0.491. The van der Waals surface area contributed by atoms with Crippen LogP contribution in [0.3, 0.4) is 0 Å². The second-order valence-corrected chi connectivity index (χ2v) is 10.9. The molecule has 1 aromatic carbocycles. The molecule has 2 aliphatic heterocycles. The third-order valence-corrected chi connectivity index (χ3v) is 9.84. The Hall–Kier alpha value is -2.57. The van der Waals surface area contributed by atoms with Gasteiger partial charge >= 0.3 is 0 Å². The average molecular weight is 542 g/mol. The van der Waals surface area contributed by atoms with Crippen LogP contribution in [0.25, 0.3) is 28.2 Å². The minimum atomic E-state index is -0.262. The Morgan fingerprint density at radius 3 is 2.50 bits per heavy atom. The Kier molecular flexibility index (Phi) is 6.54. The minimum Gasteiger partial charge on any atom is -0.383 e. The Bertz CT molecular complexity index is 1230. The van der Waals surface area contributed by atoms with Crippen molar-refractivity contribution < 1.29 is 9.18 Å². The molecule has 0 aliphatic carbocycles. The zero-order valence-electron chi connectivity index (χ0n) is 18.8. The summed E-state index contributed by atoms with van der Waals surface area (Å²) in [4.78, 5) is 18.7. The molecule has 2 unspecified atom stereocenters. The van der Waals surface area contributed by atoms with Gasteiger partial charge in [0.2, 0.25) is 5.91 Å². The summed E-state index contributed by atoms with van der Waals surface area (Å²) in [6.07, 6.45) is 6.21. The number of hydrogen-bond donors (Lipinski definition) is 1. The van der Waals surface area contributed by atoms with Gasteiger partial charge in [0.25, 0.3) is 0 Å². The molecule has 1 fully saturated rings. The lowest BCUT2D eigenvalue weighted by molar-refractivity contribution is -0.132. The number of halogens is 2. The topological polar surface area (TPSA) is 77.0 Å². The summed E-state index contributed by atoms with van der Waals surface area (Å²) in [5, 5.41) is 4.57. The van der Waals surface area contributed by atoms with E-state index >= 15 is 0 Å². The molecule has 34 heavy (non-hydrogen) atoms. The SMILES string of the molecule is CCC(=O)N1CCC(C2Pc3c(-c4ccc(-c5ccc(F)cc5)nc4)cnn3C(N)=C2Br)CC1. The van der Waals surface area contributed by atoms with Crippen LogP contribution >= 0.6 is 24.5 Å². The number of nitrogens with two attached hydrogens (primary N) is 1. The van der Waals surface area contributed by atoms with E-state index in [1.165, 1.54) is 12.1 Å². The summed E-state index contributed by atoms with van der Waals surface area (Å²) in [6, 6.07) is 10.3. The summed E-state index contributed by atoms with van der Waals surface area (Å²) in [5.74, 6) is 1.06. The highest BCUT2D eigenvalue weighted by Crippen LogP contribution is 2.45. The van der Waals surface area contributed by atoms with Crippen molar-refractivity contribution in [3.05, 3.63) is 59.1 Å². The fraction of sp³-hybridized carbons (Fsp3) is 0.320. The van der Waals surface area contributed by atoms with E-state index < -0.39 is 0 Å². The number of carbonyl (C=O) groups excluding carboxylic acids is 1. The molecule has 2 atom stereocenters. The zero-order chi connectivity index (χ0) is 23.8. The standard InChI is InChI=1S/C25H26BrFN5OP/c1-2-21(33)31-11-9-16(10-12-31)23-22(26)24(28)32-25(34-23)19(14-30-32)17-5-8-20(29-13-17)15-3-6-18(27)7-4-15/h3-8,13-14,16,23,34H,2,9-12,28H2,1H3. The van der Waals surface area contributed by atoms with E-state index in [2.05, 4.69) is 26.0 Å². The molecule has 6 nitrogen and oxygen atoms in total. The fourth-order valence-corrected chi connectivity index (χ4v) is 7.42. The van der Waals surface area contributed by atoms with Gasteiger partial charge in [0.1, 0.15) is 11.6 Å². The van der Waals surface area contributed by atoms with E-state index in [-0.39, 0.29) is 17.4 Å². The molecular weight excluding hydrogens is 516 g/mol. The Balaban J connectivity index is 1.39. The molecular formula is C25H26BrFN5OP. The normalized spacial score (nSPS) is 19.5. The lowest BCUT2D eigenvalue weighted by Gasteiger charge is -2.38. The zero-order valence-corrected chi connectivity index (χ0v) is 21.4. The third kappa shape index (κ3) is 4.29. The van der Waals surface area contributed by atoms with E-state index in [0.717, 1.165) is 58.2 Å². The van der Waals surface area contributed by atoms with E-state index in [1.54, 1.807) is 12.1 Å². The molecule has 5 rings (SSSR count). The number of amides is 1. The number of allylic oxidation sites excluding steroid dienone is 1. The first kappa shape index (κ1) is 23.2. The van der Waals surface area contributed by atoms with Crippen molar-refractivity contribution in [2.24, 2.45) is 11.7 Å². The first-order chi connectivity index (χ1) is 16.5. The number of piperidine rings is 1. The van der Waals surface area contributed by atoms with Gasteiger partial charge < -0.3 is 10.6 Å². The van der Waals surface area contributed by atoms with E-state index in [0.29, 0.717) is 26.7 Å². The minimum absolute atomic E-state index is 0.232. The molecule has 176 valence electrons. The van der Waals surface area contributed by atoms with Gasteiger partial charge in [-0.3, -0.25) is 9.78 Å². The highest BCUT2D eigenvalue weighted by atomic mass is 79.9. The van der Waals surface area contributed by atoms with Gasteiger partial charge in [0, 0.05) is 52.5 Å². The van der Waals surface area contributed by atoms with E-state index in [4.69, 9.17) is 5.73 Å². The highest BCUT2D eigenvalue weighted by molar-refractivity contribution is 9.12. The van der Waals surface area contributed by atoms with Crippen LogP contribution in [0, 0.1) is 11.7 Å². The molecule has 1 amide bonds. The van der Waals surface area contributed by atoms with Gasteiger partial charge in [0.05, 0.1) is 17.3 Å². The van der Waals surface area contributed by atoms with Crippen molar-refractivity contribution in [2.45, 2.75) is 31.8 Å². The van der Waals surface area contributed by atoms with Gasteiger partial charge in [0.15, 0.2) is 0 Å². The van der Waals surface area contributed by atoms with Crippen molar-refractivity contribution in [3.8, 4) is 22.4 Å². The molecule has 3 aromatic rings. The maximum Gasteiger partial charge on any atom is 0.222 e. The summed E-state index contributed by atoms with van der Waals surface area (Å²) < 4.78 is 16.1. The Morgan fingerprint density at radius 2 is 1.85 bits per heavy atom. The van der Waals surface area contributed by atoms with Crippen LogP contribution in [0.15, 0.2) is 53.3 Å². The highest BCUT2D eigenvalue weighted by Gasteiger charge is 2.35. The first-order valence-electron chi connectivity index (χ1n) is 11.5. The molecule has 0 spiro atoms. The summed E-state index contributed by atoms with van der Waals surface area (Å²) in [6.45, 7) is 3.53. The van der Waals surface area contributed by atoms with Gasteiger partial charge in [-0.1, -0.05) is 37.5 Å². The Morgan fingerprint density at radius 1 is 1.15 bits per heavy atom. The number of fused-ring (bicyclic) bond motifs is 1. The average Bonchev–Trinajstić information content (AvgIpc) is 3.30. The number of pyridine rings is 1. The number of likely N-dealkylation sites (tertiary alicyclic amines) is 1. The second-order valence-electron chi connectivity index (χ2n) is 8.68. The maximum absolute atomic E-state index is 13.2. The number of carbonyl (C=O) groups is 1. The largest absolute Gasteiger partial charge is 0.383 e. The predicted molar refractivity (Wildman–Crippen MR) is 139 cm³/mol. The number of benzene rings is 1. The van der Waals surface area contributed by atoms with Crippen LogP contribution < -0.4 is 11.2 Å². The molecule has 2 aliphatic rings. The van der Waals surface area contributed by atoms with Gasteiger partial charge in [-0.25, -0.2) is 9.07 Å². The molecule has 2 N–H and O–H groups in total. The van der Waals surface area contributed by atoms with Crippen LogP contribution in [-0.2, 0) is 4.79 Å². The smallest absolute Gasteiger partial charge is 0.222 e. The van der Waals surface area contributed by atoms with Crippen LogP contribution in [-0.4, -0.2) is 44.3 Å². The van der Waals surface area contributed by atoms with Crippen LogP contribution in [0.5, 0.6) is 0 Å². The van der Waals surface area contributed by atoms with E-state index in [1.807, 2.05) is 41.0 Å². The molecule has 9 heteroatoms. The molecule has 4 heterocycles. The lowest BCUT2D eigenvalue weighted by atomic mass is 9.92. The first-order valence-corrected chi connectivity index (χ1v) is 13.3. The third-order valence-electron chi connectivity index (χ3n) is 6.69. The summed E-state index contributed by atoms with van der Waals surface area (Å²) >= 11 is 3.77. The summed E-state index contributed by atoms with van der Waals surface area (Å²) in [7, 11) is 0.508. The number of nitrogens with zero attached hydrogens (tertiary/aromatic N) is 4. The van der Waals surface area contributed by atoms with E-state index in [9.17, 15) is 9.18 Å². The van der Waals surface area contributed by atoms with Gasteiger partial charge in [-0.05, 0) is 49.1 Å².